The molecule has 2 aromatic rings. The molecule has 5 nitrogen and oxygen atoms in total. The second-order valence-corrected chi connectivity index (χ2v) is 7.77. The van der Waals surface area contributed by atoms with Crippen molar-refractivity contribution in [1.82, 2.24) is 4.90 Å². The van der Waals surface area contributed by atoms with Crippen molar-refractivity contribution in [1.29, 1.82) is 0 Å². The Morgan fingerprint density at radius 1 is 1.22 bits per heavy atom. The van der Waals surface area contributed by atoms with Gasteiger partial charge in [-0.1, -0.05) is 28.1 Å². The average molecular weight is 433 g/mol. The molecule has 0 saturated carbocycles. The number of morpholine rings is 1. The van der Waals surface area contributed by atoms with Crippen LogP contribution in [0.5, 0.6) is 5.75 Å². The monoisotopic (exact) mass is 432 g/mol. The summed E-state index contributed by atoms with van der Waals surface area (Å²) < 4.78 is 12.1. The summed E-state index contributed by atoms with van der Waals surface area (Å²) in [4.78, 5) is 15.2. The van der Waals surface area contributed by atoms with E-state index in [1.165, 1.54) is 5.56 Å². The van der Waals surface area contributed by atoms with Crippen molar-refractivity contribution < 1.29 is 14.3 Å². The molecule has 0 aliphatic carbocycles. The number of carbonyl (C=O) groups is 1. The summed E-state index contributed by atoms with van der Waals surface area (Å²) in [5.41, 5.74) is 2.47. The summed E-state index contributed by atoms with van der Waals surface area (Å²) in [7, 11) is 0. The van der Waals surface area contributed by atoms with E-state index in [9.17, 15) is 4.79 Å². The molecule has 0 aromatic heterocycles. The molecule has 1 fully saturated rings. The van der Waals surface area contributed by atoms with Crippen LogP contribution in [-0.2, 0) is 11.3 Å². The second-order valence-electron chi connectivity index (χ2n) is 6.85. The fourth-order valence-corrected chi connectivity index (χ4v) is 3.34. The molecule has 2 aromatic carbocycles. The van der Waals surface area contributed by atoms with E-state index in [1.807, 2.05) is 44.2 Å². The number of carbonyl (C=O) groups excluding carboxylic acids is 1. The number of benzene rings is 2. The lowest BCUT2D eigenvalue weighted by Gasteiger charge is -2.26. The van der Waals surface area contributed by atoms with Gasteiger partial charge in [-0.15, -0.1) is 0 Å². The molecule has 1 saturated heterocycles. The van der Waals surface area contributed by atoms with Crippen molar-refractivity contribution >= 4 is 27.5 Å². The summed E-state index contributed by atoms with van der Waals surface area (Å²) in [6, 6.07) is 13.4. The predicted octanol–water partition coefficient (Wildman–Crippen LogP) is 4.32. The molecule has 0 bridgehead atoms. The normalized spacial score (nSPS) is 15.0. The Kier molecular flexibility index (Phi) is 6.88. The number of anilines is 1. The number of rotatable bonds is 6. The van der Waals surface area contributed by atoms with Gasteiger partial charge >= 0.3 is 0 Å². The first kappa shape index (κ1) is 19.9. The van der Waals surface area contributed by atoms with Gasteiger partial charge in [0.15, 0.2) is 0 Å². The molecule has 1 heterocycles. The van der Waals surface area contributed by atoms with Crippen LogP contribution in [0.1, 0.15) is 29.8 Å². The van der Waals surface area contributed by atoms with E-state index in [4.69, 9.17) is 9.47 Å². The maximum Gasteiger partial charge on any atom is 0.259 e. The number of hydrogen-bond donors (Lipinski definition) is 1. The predicted molar refractivity (Wildman–Crippen MR) is 110 cm³/mol. The van der Waals surface area contributed by atoms with E-state index < -0.39 is 0 Å². The molecule has 0 unspecified atom stereocenters. The molecular weight excluding hydrogens is 408 g/mol. The Hall–Kier alpha value is -1.89. The van der Waals surface area contributed by atoms with Crippen LogP contribution < -0.4 is 10.1 Å². The molecule has 1 aliphatic heterocycles. The fraction of sp³-hybridized carbons (Fsp3) is 0.381. The van der Waals surface area contributed by atoms with Crippen molar-refractivity contribution in [2.45, 2.75) is 26.5 Å². The Morgan fingerprint density at radius 2 is 2.00 bits per heavy atom. The highest BCUT2D eigenvalue weighted by molar-refractivity contribution is 9.10. The largest absolute Gasteiger partial charge is 0.490 e. The lowest BCUT2D eigenvalue weighted by atomic mass is 10.1. The van der Waals surface area contributed by atoms with Crippen LogP contribution in [0.4, 0.5) is 5.69 Å². The number of nitrogens with zero attached hydrogens (tertiary/aromatic N) is 1. The fourth-order valence-electron chi connectivity index (χ4n) is 3.00. The van der Waals surface area contributed by atoms with Gasteiger partial charge < -0.3 is 14.8 Å². The van der Waals surface area contributed by atoms with Crippen molar-refractivity contribution in [2.24, 2.45) is 0 Å². The molecule has 27 heavy (non-hydrogen) atoms. The molecule has 144 valence electrons. The van der Waals surface area contributed by atoms with Crippen molar-refractivity contribution in [3.05, 3.63) is 58.1 Å². The molecule has 3 rings (SSSR count). The number of hydrogen-bond acceptors (Lipinski definition) is 4. The minimum atomic E-state index is -0.179. The molecule has 0 radical (unpaired) electrons. The first-order valence-corrected chi connectivity index (χ1v) is 9.97. The van der Waals surface area contributed by atoms with Gasteiger partial charge in [0.1, 0.15) is 5.75 Å². The highest BCUT2D eigenvalue weighted by Crippen LogP contribution is 2.26. The van der Waals surface area contributed by atoms with Crippen molar-refractivity contribution in [3.63, 3.8) is 0 Å². The van der Waals surface area contributed by atoms with Gasteiger partial charge in [-0.05, 0) is 49.7 Å². The van der Waals surface area contributed by atoms with Crippen LogP contribution in [0.2, 0.25) is 0 Å². The third-order valence-electron chi connectivity index (χ3n) is 4.25. The first-order chi connectivity index (χ1) is 13.0. The summed E-state index contributed by atoms with van der Waals surface area (Å²) in [5.74, 6) is 0.392. The number of amides is 1. The Bertz CT molecular complexity index is 789. The quantitative estimate of drug-likeness (QED) is 0.738. The Balaban J connectivity index is 1.71. The zero-order valence-electron chi connectivity index (χ0n) is 15.7. The van der Waals surface area contributed by atoms with Crippen LogP contribution in [0.15, 0.2) is 46.9 Å². The number of ether oxygens (including phenoxy) is 2. The maximum absolute atomic E-state index is 12.8. The van der Waals surface area contributed by atoms with Crippen molar-refractivity contribution in [2.75, 3.05) is 31.6 Å². The lowest BCUT2D eigenvalue weighted by Crippen LogP contribution is -2.35. The molecule has 6 heteroatoms. The Morgan fingerprint density at radius 3 is 2.74 bits per heavy atom. The van der Waals surface area contributed by atoms with Crippen LogP contribution in [0.3, 0.4) is 0 Å². The van der Waals surface area contributed by atoms with Crippen LogP contribution >= 0.6 is 15.9 Å². The van der Waals surface area contributed by atoms with Crippen molar-refractivity contribution in [3.8, 4) is 5.75 Å². The van der Waals surface area contributed by atoms with Crippen LogP contribution in [0, 0.1) is 0 Å². The van der Waals surface area contributed by atoms with Gasteiger partial charge in [-0.2, -0.15) is 0 Å². The van der Waals surface area contributed by atoms with Gasteiger partial charge in [0.05, 0.1) is 24.9 Å². The third kappa shape index (κ3) is 5.79. The summed E-state index contributed by atoms with van der Waals surface area (Å²) in [6.45, 7) is 8.16. The minimum absolute atomic E-state index is 0.0114. The van der Waals surface area contributed by atoms with E-state index in [-0.39, 0.29) is 12.0 Å². The summed E-state index contributed by atoms with van der Waals surface area (Å²) >= 11 is 3.43. The lowest BCUT2D eigenvalue weighted by molar-refractivity contribution is 0.0342. The molecule has 1 N–H and O–H groups in total. The van der Waals surface area contributed by atoms with Crippen LogP contribution in [0.25, 0.3) is 0 Å². The molecule has 1 aliphatic rings. The van der Waals surface area contributed by atoms with E-state index in [0.717, 1.165) is 43.0 Å². The van der Waals surface area contributed by atoms with E-state index in [2.05, 4.69) is 32.2 Å². The average Bonchev–Trinajstić information content (AvgIpc) is 2.62. The van der Waals surface area contributed by atoms with Gasteiger partial charge in [0.2, 0.25) is 0 Å². The molecular formula is C21H25BrN2O3. The second kappa shape index (κ2) is 9.35. The number of halogens is 1. The number of nitrogens with one attached hydrogen (secondary N) is 1. The molecule has 0 spiro atoms. The summed E-state index contributed by atoms with van der Waals surface area (Å²) in [6.07, 6.45) is -0.0114. The highest BCUT2D eigenvalue weighted by Gasteiger charge is 2.15. The van der Waals surface area contributed by atoms with Gasteiger partial charge in [-0.3, -0.25) is 9.69 Å². The Labute approximate surface area is 168 Å². The zero-order valence-corrected chi connectivity index (χ0v) is 17.3. The zero-order chi connectivity index (χ0) is 19.2. The van der Waals surface area contributed by atoms with E-state index in [1.54, 1.807) is 6.07 Å². The van der Waals surface area contributed by atoms with E-state index in [0.29, 0.717) is 11.3 Å². The van der Waals surface area contributed by atoms with Gasteiger partial charge in [0.25, 0.3) is 5.91 Å². The van der Waals surface area contributed by atoms with E-state index >= 15 is 0 Å². The highest BCUT2D eigenvalue weighted by atomic mass is 79.9. The van der Waals surface area contributed by atoms with Gasteiger partial charge in [0, 0.05) is 29.8 Å². The first-order valence-electron chi connectivity index (χ1n) is 9.18. The molecule has 0 atom stereocenters. The standard InChI is InChI=1S/C21H25BrN2O3/c1-15(2)27-20-13-17(22)6-7-19(20)21(25)23-18-5-3-4-16(12-18)14-24-8-10-26-11-9-24/h3-7,12-13,15H,8-11,14H2,1-2H3,(H,23,25). The maximum atomic E-state index is 12.8. The summed E-state index contributed by atoms with van der Waals surface area (Å²) in [5, 5.41) is 2.99. The SMILES string of the molecule is CC(C)Oc1cc(Br)ccc1C(=O)Nc1cccc(CN2CCOCC2)c1. The molecule has 1 amide bonds. The van der Waals surface area contributed by atoms with Gasteiger partial charge in [-0.25, -0.2) is 0 Å². The minimum Gasteiger partial charge on any atom is -0.490 e. The van der Waals surface area contributed by atoms with Crippen LogP contribution in [-0.4, -0.2) is 43.2 Å². The topological polar surface area (TPSA) is 50.8 Å². The third-order valence-corrected chi connectivity index (χ3v) is 4.74. The smallest absolute Gasteiger partial charge is 0.259 e.